The first-order chi connectivity index (χ1) is 9.67. The van der Waals surface area contributed by atoms with E-state index in [1.165, 1.54) is 6.07 Å². The summed E-state index contributed by atoms with van der Waals surface area (Å²) in [4.78, 5) is 11.5. The van der Waals surface area contributed by atoms with E-state index < -0.39 is 11.7 Å². The molecule has 1 aromatic carbocycles. The Kier molecular flexibility index (Phi) is 6.15. The fourth-order valence-corrected chi connectivity index (χ4v) is 1.75. The molecule has 0 saturated heterocycles. The van der Waals surface area contributed by atoms with E-state index in [0.717, 1.165) is 5.56 Å². The van der Waals surface area contributed by atoms with Gasteiger partial charge in [-0.25, -0.2) is 9.18 Å². The Morgan fingerprint density at radius 1 is 1.38 bits per heavy atom. The number of amides is 1. The summed E-state index contributed by atoms with van der Waals surface area (Å²) in [5, 5.41) is 5.86. The molecular formula is C16H25FN2O2. The molecule has 0 aromatic heterocycles. The van der Waals surface area contributed by atoms with Gasteiger partial charge in [0.05, 0.1) is 0 Å². The number of benzene rings is 1. The minimum Gasteiger partial charge on any atom is -0.444 e. The molecule has 0 radical (unpaired) electrons. The van der Waals surface area contributed by atoms with Crippen LogP contribution in [0.25, 0.3) is 0 Å². The van der Waals surface area contributed by atoms with E-state index in [1.807, 2.05) is 40.7 Å². The molecule has 0 heterocycles. The highest BCUT2D eigenvalue weighted by atomic mass is 19.1. The molecule has 1 unspecified atom stereocenters. The maximum atomic E-state index is 13.6. The van der Waals surface area contributed by atoms with Gasteiger partial charge in [-0.1, -0.05) is 17.7 Å². The van der Waals surface area contributed by atoms with Gasteiger partial charge >= 0.3 is 6.09 Å². The lowest BCUT2D eigenvalue weighted by atomic mass is 10.1. The lowest BCUT2D eigenvalue weighted by Gasteiger charge is -2.21. The average molecular weight is 296 g/mol. The first-order valence-electron chi connectivity index (χ1n) is 7.12. The van der Waals surface area contributed by atoms with E-state index in [0.29, 0.717) is 18.7 Å². The number of carbonyl (C=O) groups is 1. The van der Waals surface area contributed by atoms with Crippen LogP contribution in [0.2, 0.25) is 0 Å². The van der Waals surface area contributed by atoms with Gasteiger partial charge in [0.15, 0.2) is 0 Å². The van der Waals surface area contributed by atoms with E-state index in [1.54, 1.807) is 6.07 Å². The minimum atomic E-state index is -0.508. The molecular weight excluding hydrogens is 271 g/mol. The van der Waals surface area contributed by atoms with Crippen LogP contribution >= 0.6 is 0 Å². The van der Waals surface area contributed by atoms with Crippen molar-refractivity contribution in [1.82, 2.24) is 10.6 Å². The number of hydrogen-bond acceptors (Lipinski definition) is 3. The van der Waals surface area contributed by atoms with Gasteiger partial charge in [0.1, 0.15) is 11.4 Å². The van der Waals surface area contributed by atoms with Crippen LogP contribution in [0.1, 0.15) is 38.8 Å². The fourth-order valence-electron chi connectivity index (χ4n) is 1.75. The van der Waals surface area contributed by atoms with Crippen molar-refractivity contribution >= 4 is 6.09 Å². The Labute approximate surface area is 126 Å². The monoisotopic (exact) mass is 296 g/mol. The van der Waals surface area contributed by atoms with E-state index in [2.05, 4.69) is 10.6 Å². The summed E-state index contributed by atoms with van der Waals surface area (Å²) in [6.07, 6.45) is -0.446. The van der Waals surface area contributed by atoms with Gasteiger partial charge in [-0.2, -0.15) is 0 Å². The first-order valence-corrected chi connectivity index (χ1v) is 7.12. The van der Waals surface area contributed by atoms with Gasteiger partial charge in [0.2, 0.25) is 0 Å². The second kappa shape index (κ2) is 7.41. The summed E-state index contributed by atoms with van der Waals surface area (Å²) < 4.78 is 18.7. The molecule has 0 aliphatic heterocycles. The molecule has 0 saturated carbocycles. The zero-order valence-electron chi connectivity index (χ0n) is 13.4. The highest BCUT2D eigenvalue weighted by molar-refractivity contribution is 5.67. The largest absolute Gasteiger partial charge is 0.444 e. The van der Waals surface area contributed by atoms with E-state index >= 15 is 0 Å². The summed E-state index contributed by atoms with van der Waals surface area (Å²) in [6.45, 7) is 10.1. The molecule has 1 aromatic rings. The van der Waals surface area contributed by atoms with Crippen molar-refractivity contribution in [1.29, 1.82) is 0 Å². The summed E-state index contributed by atoms with van der Waals surface area (Å²) in [7, 11) is 0. The predicted octanol–water partition coefficient (Wildman–Crippen LogP) is 3.14. The zero-order valence-corrected chi connectivity index (χ0v) is 13.4. The van der Waals surface area contributed by atoms with Gasteiger partial charge in [0.25, 0.3) is 0 Å². The van der Waals surface area contributed by atoms with Crippen molar-refractivity contribution < 1.29 is 13.9 Å². The zero-order chi connectivity index (χ0) is 16.0. The number of ether oxygens (including phenoxy) is 1. The molecule has 5 heteroatoms. The molecule has 0 fully saturated rings. The van der Waals surface area contributed by atoms with Crippen LogP contribution in [-0.4, -0.2) is 24.3 Å². The van der Waals surface area contributed by atoms with Crippen molar-refractivity contribution in [2.24, 2.45) is 0 Å². The lowest BCUT2D eigenvalue weighted by Crippen LogP contribution is -2.41. The smallest absolute Gasteiger partial charge is 0.407 e. The molecule has 0 aliphatic carbocycles. The quantitative estimate of drug-likeness (QED) is 0.877. The Balaban J connectivity index is 2.36. The number of rotatable bonds is 5. The minimum absolute atomic E-state index is 0.0115. The standard InChI is InChI=1S/C16H25FN2O2/c1-11-6-7-14(17)13(8-11)10-18-12(2)9-19-15(20)21-16(3,4)5/h6-8,12,18H,9-10H2,1-5H3,(H,19,20). The number of aryl methyl sites for hydroxylation is 1. The van der Waals surface area contributed by atoms with Crippen molar-refractivity contribution in [3.63, 3.8) is 0 Å². The maximum Gasteiger partial charge on any atom is 0.407 e. The Morgan fingerprint density at radius 3 is 2.67 bits per heavy atom. The van der Waals surface area contributed by atoms with Gasteiger partial charge in [-0.05, 0) is 40.7 Å². The summed E-state index contributed by atoms with van der Waals surface area (Å²) in [6, 6.07) is 5.04. The second-order valence-corrected chi connectivity index (χ2v) is 6.26. The number of nitrogens with one attached hydrogen (secondary N) is 2. The first kappa shape index (κ1) is 17.4. The van der Waals surface area contributed by atoms with Crippen LogP contribution in [0, 0.1) is 12.7 Å². The Hall–Kier alpha value is -1.62. The summed E-state index contributed by atoms with van der Waals surface area (Å²) in [5.41, 5.74) is 1.14. The predicted molar refractivity (Wildman–Crippen MR) is 81.7 cm³/mol. The van der Waals surface area contributed by atoms with Crippen LogP contribution in [0.15, 0.2) is 18.2 Å². The highest BCUT2D eigenvalue weighted by Gasteiger charge is 2.16. The van der Waals surface area contributed by atoms with Crippen molar-refractivity contribution in [2.75, 3.05) is 6.54 Å². The average Bonchev–Trinajstić information content (AvgIpc) is 2.35. The lowest BCUT2D eigenvalue weighted by molar-refractivity contribution is 0.0523. The molecule has 1 atom stereocenters. The van der Waals surface area contributed by atoms with E-state index in [9.17, 15) is 9.18 Å². The van der Waals surface area contributed by atoms with Crippen molar-refractivity contribution in [3.05, 3.63) is 35.1 Å². The third-order valence-corrected chi connectivity index (χ3v) is 2.79. The summed E-state index contributed by atoms with van der Waals surface area (Å²) in [5.74, 6) is -0.222. The SMILES string of the molecule is Cc1ccc(F)c(CNC(C)CNC(=O)OC(C)(C)C)c1. The molecule has 21 heavy (non-hydrogen) atoms. The van der Waals surface area contributed by atoms with Crippen LogP contribution < -0.4 is 10.6 Å². The van der Waals surface area contributed by atoms with Gasteiger partial charge < -0.3 is 15.4 Å². The number of alkyl carbamates (subject to hydrolysis) is 1. The van der Waals surface area contributed by atoms with Gasteiger partial charge in [-0.3, -0.25) is 0 Å². The third kappa shape index (κ3) is 7.09. The van der Waals surface area contributed by atoms with Gasteiger partial charge in [0, 0.05) is 24.7 Å². The molecule has 1 amide bonds. The number of halogens is 1. The van der Waals surface area contributed by atoms with Crippen molar-refractivity contribution in [3.8, 4) is 0 Å². The van der Waals surface area contributed by atoms with Crippen molar-refractivity contribution in [2.45, 2.75) is 52.8 Å². The van der Waals surface area contributed by atoms with Crippen LogP contribution in [0.3, 0.4) is 0 Å². The van der Waals surface area contributed by atoms with E-state index in [-0.39, 0.29) is 11.9 Å². The van der Waals surface area contributed by atoms with Crippen LogP contribution in [0.5, 0.6) is 0 Å². The topological polar surface area (TPSA) is 50.4 Å². The number of carbonyl (C=O) groups excluding carboxylic acids is 1. The molecule has 2 N–H and O–H groups in total. The Bertz CT molecular complexity index is 484. The Morgan fingerprint density at radius 2 is 2.05 bits per heavy atom. The van der Waals surface area contributed by atoms with Crippen LogP contribution in [-0.2, 0) is 11.3 Å². The third-order valence-electron chi connectivity index (χ3n) is 2.79. The molecule has 118 valence electrons. The molecule has 0 spiro atoms. The van der Waals surface area contributed by atoms with Crippen LogP contribution in [0.4, 0.5) is 9.18 Å². The normalized spacial score (nSPS) is 12.9. The number of hydrogen-bond donors (Lipinski definition) is 2. The molecule has 1 rings (SSSR count). The molecule has 0 aliphatic rings. The van der Waals surface area contributed by atoms with E-state index in [4.69, 9.17) is 4.74 Å². The molecule has 0 bridgehead atoms. The molecule has 4 nitrogen and oxygen atoms in total. The second-order valence-electron chi connectivity index (χ2n) is 6.26. The van der Waals surface area contributed by atoms with Gasteiger partial charge in [-0.15, -0.1) is 0 Å². The fraction of sp³-hybridized carbons (Fsp3) is 0.562. The maximum absolute atomic E-state index is 13.6. The summed E-state index contributed by atoms with van der Waals surface area (Å²) >= 11 is 0. The highest BCUT2D eigenvalue weighted by Crippen LogP contribution is 2.10.